The van der Waals surface area contributed by atoms with E-state index >= 15 is 0 Å². The maximum Gasteiger partial charge on any atom is 0.238 e. The largest absolute Gasteiger partial charge is 0.389 e. The van der Waals surface area contributed by atoms with Crippen molar-refractivity contribution in [3.05, 3.63) is 71.8 Å². The fourth-order valence-corrected chi connectivity index (χ4v) is 5.19. The first-order valence-corrected chi connectivity index (χ1v) is 10.8. The Bertz CT molecular complexity index is 786. The molecule has 2 aromatic rings. The van der Waals surface area contributed by atoms with Crippen LogP contribution in [0.15, 0.2) is 60.7 Å². The first-order chi connectivity index (χ1) is 13.4. The van der Waals surface area contributed by atoms with Crippen molar-refractivity contribution < 1.29 is 34.3 Å². The van der Waals surface area contributed by atoms with Gasteiger partial charge in [-0.15, -0.1) is 0 Å². The average Bonchev–Trinajstić information content (AvgIpc) is 2.71. The van der Waals surface area contributed by atoms with Crippen molar-refractivity contribution in [1.29, 1.82) is 0 Å². The van der Waals surface area contributed by atoms with Crippen LogP contribution >= 0.6 is 7.37 Å². The van der Waals surface area contributed by atoms with Crippen molar-refractivity contribution in [2.24, 2.45) is 0 Å². The Labute approximate surface area is 163 Å². The minimum atomic E-state index is -4.30. The number of benzene rings is 2. The Balaban J connectivity index is 1.67. The highest BCUT2D eigenvalue weighted by Gasteiger charge is 2.56. The standard InChI is InChI=1S/C20H25O7P/c21-17-16(13-26-11-14-7-3-1-4-8-14)28(24,25)20(23)18(22)19(17)27-12-15-9-5-2-6-10-15/h1-10,16-23H,11-13H2,(H,24,25)/t16-,17+,18-,19+,20?/m1/s1. The molecule has 8 heteroatoms. The zero-order chi connectivity index (χ0) is 20.1. The quantitative estimate of drug-likeness (QED) is 0.513. The fraction of sp³-hybridized carbons (Fsp3) is 0.400. The Hall–Kier alpha value is -1.57. The molecule has 0 radical (unpaired) electrons. The Morgan fingerprint density at radius 1 is 0.821 bits per heavy atom. The van der Waals surface area contributed by atoms with Crippen LogP contribution in [0.1, 0.15) is 11.1 Å². The first kappa shape index (κ1) is 21.1. The highest BCUT2D eigenvalue weighted by atomic mass is 31.2. The van der Waals surface area contributed by atoms with Gasteiger partial charge in [-0.05, 0) is 11.1 Å². The normalized spacial score (nSPS) is 32.9. The summed E-state index contributed by atoms with van der Waals surface area (Å²) in [5, 5.41) is 31.0. The average molecular weight is 408 g/mol. The van der Waals surface area contributed by atoms with Crippen molar-refractivity contribution in [2.45, 2.75) is 43.0 Å². The molecule has 1 aliphatic heterocycles. The number of hydrogen-bond acceptors (Lipinski definition) is 6. The lowest BCUT2D eigenvalue weighted by Crippen LogP contribution is -2.57. The summed E-state index contributed by atoms with van der Waals surface area (Å²) in [5.74, 6) is -1.91. The van der Waals surface area contributed by atoms with Gasteiger partial charge >= 0.3 is 0 Å². The minimum absolute atomic E-state index is 0.0830. The van der Waals surface area contributed by atoms with E-state index in [1.165, 1.54) is 0 Å². The highest BCUT2D eigenvalue weighted by Crippen LogP contribution is 2.57. The van der Waals surface area contributed by atoms with E-state index in [2.05, 4.69) is 0 Å². The van der Waals surface area contributed by atoms with Gasteiger partial charge in [0, 0.05) is 0 Å². The monoisotopic (exact) mass is 408 g/mol. The van der Waals surface area contributed by atoms with Gasteiger partial charge in [0.25, 0.3) is 0 Å². The first-order valence-electron chi connectivity index (χ1n) is 9.05. The molecule has 1 aliphatic rings. The third kappa shape index (κ3) is 4.70. The van der Waals surface area contributed by atoms with E-state index in [9.17, 15) is 24.8 Å². The van der Waals surface area contributed by atoms with E-state index in [4.69, 9.17) is 9.47 Å². The minimum Gasteiger partial charge on any atom is -0.389 e. The predicted octanol–water partition coefficient (Wildman–Crippen LogP) is 1.48. The third-order valence-electron chi connectivity index (χ3n) is 4.91. The van der Waals surface area contributed by atoms with Crippen LogP contribution in [0, 0.1) is 0 Å². The number of aliphatic hydroxyl groups is 3. The predicted molar refractivity (Wildman–Crippen MR) is 103 cm³/mol. The van der Waals surface area contributed by atoms with E-state index in [0.29, 0.717) is 0 Å². The molecule has 4 N–H and O–H groups in total. The second-order valence-electron chi connectivity index (χ2n) is 6.90. The van der Waals surface area contributed by atoms with E-state index in [-0.39, 0.29) is 19.8 Å². The van der Waals surface area contributed by atoms with Crippen LogP contribution in [0.3, 0.4) is 0 Å². The number of aliphatic hydroxyl groups excluding tert-OH is 3. The summed E-state index contributed by atoms with van der Waals surface area (Å²) in [6.07, 6.45) is -4.36. The molecule has 0 bridgehead atoms. The summed E-state index contributed by atoms with van der Waals surface area (Å²) in [4.78, 5) is 10.3. The maximum absolute atomic E-state index is 12.6. The molecular weight excluding hydrogens is 383 g/mol. The molecule has 0 aliphatic carbocycles. The Morgan fingerprint density at radius 2 is 1.36 bits per heavy atom. The van der Waals surface area contributed by atoms with Crippen molar-refractivity contribution in [1.82, 2.24) is 0 Å². The number of ether oxygens (including phenoxy) is 2. The lowest BCUT2D eigenvalue weighted by molar-refractivity contribution is -0.142. The summed E-state index contributed by atoms with van der Waals surface area (Å²) in [5.41, 5.74) is 0.416. The molecule has 7 nitrogen and oxygen atoms in total. The molecule has 28 heavy (non-hydrogen) atoms. The Morgan fingerprint density at radius 3 is 1.93 bits per heavy atom. The number of hydrogen-bond donors (Lipinski definition) is 4. The molecule has 6 atom stereocenters. The van der Waals surface area contributed by atoms with Crippen LogP contribution in [0.2, 0.25) is 0 Å². The second kappa shape index (κ2) is 9.29. The van der Waals surface area contributed by atoms with Gasteiger partial charge in [0.05, 0.1) is 31.6 Å². The lowest BCUT2D eigenvalue weighted by Gasteiger charge is -2.43. The molecule has 2 aromatic carbocycles. The molecule has 0 aromatic heterocycles. The molecule has 1 saturated heterocycles. The van der Waals surface area contributed by atoms with Gasteiger partial charge in [-0.2, -0.15) is 0 Å². The third-order valence-corrected chi connectivity index (χ3v) is 7.38. The molecule has 3 rings (SSSR count). The maximum atomic E-state index is 12.6. The summed E-state index contributed by atoms with van der Waals surface area (Å²) in [6.45, 7) is 0.0245. The summed E-state index contributed by atoms with van der Waals surface area (Å²) in [6, 6.07) is 18.4. The van der Waals surface area contributed by atoms with Crippen molar-refractivity contribution in [3.63, 3.8) is 0 Å². The zero-order valence-electron chi connectivity index (χ0n) is 15.2. The molecule has 1 fully saturated rings. The molecule has 0 spiro atoms. The summed E-state index contributed by atoms with van der Waals surface area (Å²) < 4.78 is 23.8. The van der Waals surface area contributed by atoms with Gasteiger partial charge in [-0.1, -0.05) is 60.7 Å². The number of rotatable bonds is 7. The highest BCUT2D eigenvalue weighted by molar-refractivity contribution is 7.59. The van der Waals surface area contributed by atoms with Crippen LogP contribution in [0.25, 0.3) is 0 Å². The van der Waals surface area contributed by atoms with Crippen LogP contribution in [-0.2, 0) is 27.3 Å². The van der Waals surface area contributed by atoms with Gasteiger partial charge < -0.3 is 29.7 Å². The van der Waals surface area contributed by atoms with Crippen LogP contribution < -0.4 is 0 Å². The van der Waals surface area contributed by atoms with Gasteiger partial charge in [0.15, 0.2) is 5.85 Å². The van der Waals surface area contributed by atoms with Gasteiger partial charge in [-0.25, -0.2) is 0 Å². The SMILES string of the molecule is O=P1(O)C(O)[C@H](O)[C@@H](OCc2ccccc2)[C@@H](O)[C@H]1COCc1ccccc1. The van der Waals surface area contributed by atoms with E-state index in [1.54, 1.807) is 0 Å². The van der Waals surface area contributed by atoms with Crippen molar-refractivity contribution in [2.75, 3.05) is 6.61 Å². The molecule has 1 heterocycles. The van der Waals surface area contributed by atoms with Crippen LogP contribution in [-0.4, -0.2) is 56.6 Å². The van der Waals surface area contributed by atoms with Gasteiger partial charge in [0.2, 0.25) is 7.37 Å². The van der Waals surface area contributed by atoms with Crippen LogP contribution in [0.4, 0.5) is 0 Å². The van der Waals surface area contributed by atoms with Gasteiger partial charge in [-0.3, -0.25) is 4.57 Å². The summed E-state index contributed by atoms with van der Waals surface area (Å²) in [7, 11) is -4.30. The summed E-state index contributed by atoms with van der Waals surface area (Å²) >= 11 is 0. The molecule has 0 saturated carbocycles. The van der Waals surface area contributed by atoms with E-state index in [1.807, 2.05) is 60.7 Å². The van der Waals surface area contributed by atoms with Crippen molar-refractivity contribution in [3.8, 4) is 0 Å². The van der Waals surface area contributed by atoms with Crippen LogP contribution in [0.5, 0.6) is 0 Å². The molecule has 152 valence electrons. The van der Waals surface area contributed by atoms with Gasteiger partial charge in [0.1, 0.15) is 12.2 Å². The molecule has 2 unspecified atom stereocenters. The zero-order valence-corrected chi connectivity index (χ0v) is 16.1. The van der Waals surface area contributed by atoms with E-state index < -0.39 is 37.2 Å². The smallest absolute Gasteiger partial charge is 0.238 e. The Kier molecular flexibility index (Phi) is 7.01. The lowest BCUT2D eigenvalue weighted by atomic mass is 10.0. The topological polar surface area (TPSA) is 116 Å². The fourth-order valence-electron chi connectivity index (χ4n) is 3.27. The molecule has 0 amide bonds. The molecular formula is C20H25O7P. The second-order valence-corrected chi connectivity index (χ2v) is 9.43. The van der Waals surface area contributed by atoms with Crippen molar-refractivity contribution >= 4 is 7.37 Å². The van der Waals surface area contributed by atoms with E-state index in [0.717, 1.165) is 11.1 Å².